The Morgan fingerprint density at radius 3 is 2.48 bits per heavy atom. The van der Waals surface area contributed by atoms with E-state index >= 15 is 0 Å². The Kier molecular flexibility index (Phi) is 6.24. The maximum absolute atomic E-state index is 11.7. The molecule has 0 saturated heterocycles. The molecule has 0 amide bonds. The van der Waals surface area contributed by atoms with Gasteiger partial charge in [0, 0.05) is 18.1 Å². The fourth-order valence-electron chi connectivity index (χ4n) is 2.19. The highest BCUT2D eigenvalue weighted by Crippen LogP contribution is 2.30. The fraction of sp³-hybridized carbons (Fsp3) is 0.211. The second kappa shape index (κ2) is 8.63. The van der Waals surface area contributed by atoms with Crippen molar-refractivity contribution in [1.82, 2.24) is 0 Å². The first-order valence-corrected chi connectivity index (χ1v) is 7.34. The van der Waals surface area contributed by atoms with Crippen molar-refractivity contribution >= 4 is 12.0 Å². The van der Waals surface area contributed by atoms with Gasteiger partial charge >= 0.3 is 5.97 Å². The van der Waals surface area contributed by atoms with Crippen molar-refractivity contribution in [3.63, 3.8) is 0 Å². The summed E-state index contributed by atoms with van der Waals surface area (Å²) in [6, 6.07) is 15.2. The summed E-state index contributed by atoms with van der Waals surface area (Å²) in [5.41, 5.74) is 1.89. The Morgan fingerprint density at radius 2 is 1.78 bits per heavy atom. The minimum Gasteiger partial charge on any atom is -0.493 e. The van der Waals surface area contributed by atoms with Crippen molar-refractivity contribution in [3.05, 3.63) is 65.7 Å². The lowest BCUT2D eigenvalue weighted by Gasteiger charge is -2.12. The quantitative estimate of drug-likeness (QED) is 0.580. The molecular weight excluding hydrogens is 292 g/mol. The molecule has 0 unspecified atom stereocenters. The molecule has 4 nitrogen and oxygen atoms in total. The van der Waals surface area contributed by atoms with E-state index in [0.29, 0.717) is 17.9 Å². The zero-order chi connectivity index (χ0) is 16.5. The Morgan fingerprint density at radius 1 is 1.00 bits per heavy atom. The molecule has 0 saturated carbocycles. The number of ether oxygens (including phenoxy) is 3. The van der Waals surface area contributed by atoms with E-state index in [1.54, 1.807) is 20.3 Å². The second-order valence-electron chi connectivity index (χ2n) is 4.81. The molecule has 120 valence electrons. The van der Waals surface area contributed by atoms with Crippen LogP contribution in [0.5, 0.6) is 11.5 Å². The molecule has 2 aromatic rings. The summed E-state index contributed by atoms with van der Waals surface area (Å²) in [5.74, 6) is 0.974. The largest absolute Gasteiger partial charge is 0.493 e. The predicted octanol–water partition coefficient (Wildman–Crippen LogP) is 3.50. The van der Waals surface area contributed by atoms with E-state index in [9.17, 15) is 4.79 Å². The average molecular weight is 312 g/mol. The Labute approximate surface area is 136 Å². The topological polar surface area (TPSA) is 44.8 Å². The molecule has 0 radical (unpaired) electrons. The van der Waals surface area contributed by atoms with Gasteiger partial charge in [-0.05, 0) is 17.7 Å². The van der Waals surface area contributed by atoms with Crippen LogP contribution >= 0.6 is 0 Å². The molecule has 0 fully saturated rings. The number of methoxy groups -OCH3 is 2. The lowest BCUT2D eigenvalue weighted by atomic mass is 10.1. The van der Waals surface area contributed by atoms with Gasteiger partial charge in [0.15, 0.2) is 11.5 Å². The minimum atomic E-state index is -0.365. The van der Waals surface area contributed by atoms with Crippen LogP contribution < -0.4 is 9.47 Å². The van der Waals surface area contributed by atoms with Crippen molar-refractivity contribution in [3.8, 4) is 11.5 Å². The lowest BCUT2D eigenvalue weighted by Crippen LogP contribution is -2.06. The summed E-state index contributed by atoms with van der Waals surface area (Å²) < 4.78 is 15.8. The van der Waals surface area contributed by atoms with E-state index in [1.807, 2.05) is 48.5 Å². The zero-order valence-electron chi connectivity index (χ0n) is 13.3. The van der Waals surface area contributed by atoms with Gasteiger partial charge in [-0.1, -0.05) is 42.5 Å². The molecule has 0 N–H and O–H groups in total. The first-order valence-electron chi connectivity index (χ1n) is 7.34. The second-order valence-corrected chi connectivity index (χ2v) is 4.81. The monoisotopic (exact) mass is 312 g/mol. The van der Waals surface area contributed by atoms with E-state index in [4.69, 9.17) is 14.2 Å². The molecule has 2 aromatic carbocycles. The zero-order valence-corrected chi connectivity index (χ0v) is 13.3. The summed E-state index contributed by atoms with van der Waals surface area (Å²) in [6.07, 6.45) is 3.72. The molecule has 0 atom stereocenters. The van der Waals surface area contributed by atoms with Crippen LogP contribution in [0, 0.1) is 0 Å². The van der Waals surface area contributed by atoms with E-state index in [2.05, 4.69) is 0 Å². The number of esters is 1. The van der Waals surface area contributed by atoms with Crippen molar-refractivity contribution in [2.24, 2.45) is 0 Å². The van der Waals surface area contributed by atoms with Gasteiger partial charge in [0.25, 0.3) is 0 Å². The van der Waals surface area contributed by atoms with Gasteiger partial charge in [0.05, 0.1) is 20.8 Å². The number of carbonyl (C=O) groups excluding carboxylic acids is 1. The maximum atomic E-state index is 11.7. The van der Waals surface area contributed by atoms with Gasteiger partial charge in [-0.15, -0.1) is 0 Å². The maximum Gasteiger partial charge on any atom is 0.330 e. The summed E-state index contributed by atoms with van der Waals surface area (Å²) in [5, 5.41) is 0. The number of para-hydroxylation sites is 1. The molecule has 0 heterocycles. The van der Waals surface area contributed by atoms with Gasteiger partial charge < -0.3 is 14.2 Å². The van der Waals surface area contributed by atoms with Crippen molar-refractivity contribution in [1.29, 1.82) is 0 Å². The van der Waals surface area contributed by atoms with E-state index < -0.39 is 0 Å². The summed E-state index contributed by atoms with van der Waals surface area (Å²) in [7, 11) is 3.19. The Bertz CT molecular complexity index is 662. The molecule has 0 aliphatic heterocycles. The number of carbonyl (C=O) groups is 1. The molecule has 0 bridgehead atoms. The number of rotatable bonds is 7. The van der Waals surface area contributed by atoms with E-state index in [-0.39, 0.29) is 12.6 Å². The molecule has 0 spiro atoms. The van der Waals surface area contributed by atoms with Crippen molar-refractivity contribution in [2.75, 3.05) is 20.8 Å². The van der Waals surface area contributed by atoms with Crippen LogP contribution in [0.2, 0.25) is 0 Å². The summed E-state index contributed by atoms with van der Waals surface area (Å²) in [4.78, 5) is 11.7. The summed E-state index contributed by atoms with van der Waals surface area (Å²) >= 11 is 0. The normalized spacial score (nSPS) is 10.5. The highest BCUT2D eigenvalue weighted by Gasteiger charge is 2.09. The Balaban J connectivity index is 1.88. The van der Waals surface area contributed by atoms with Crippen LogP contribution in [0.4, 0.5) is 0 Å². The van der Waals surface area contributed by atoms with Crippen LogP contribution in [0.1, 0.15) is 11.1 Å². The van der Waals surface area contributed by atoms with Gasteiger partial charge in [0.1, 0.15) is 0 Å². The smallest absolute Gasteiger partial charge is 0.330 e. The van der Waals surface area contributed by atoms with Gasteiger partial charge in [-0.2, -0.15) is 0 Å². The third-order valence-electron chi connectivity index (χ3n) is 3.31. The molecular formula is C19H20O4. The van der Waals surface area contributed by atoms with Crippen LogP contribution in [-0.2, 0) is 16.0 Å². The van der Waals surface area contributed by atoms with Crippen molar-refractivity contribution in [2.45, 2.75) is 6.42 Å². The SMILES string of the molecule is COc1cccc(CCOC(=O)/C=C/c2ccccc2)c1OC. The van der Waals surface area contributed by atoms with Crippen LogP contribution in [0.3, 0.4) is 0 Å². The molecule has 0 aliphatic carbocycles. The number of benzene rings is 2. The number of hydrogen-bond donors (Lipinski definition) is 0. The van der Waals surface area contributed by atoms with Gasteiger partial charge in [-0.25, -0.2) is 4.79 Å². The molecule has 0 aliphatic rings. The van der Waals surface area contributed by atoms with Crippen LogP contribution in [0.15, 0.2) is 54.6 Å². The number of hydrogen-bond acceptors (Lipinski definition) is 4. The average Bonchev–Trinajstić information content (AvgIpc) is 2.60. The fourth-order valence-corrected chi connectivity index (χ4v) is 2.19. The molecule has 0 aromatic heterocycles. The highest BCUT2D eigenvalue weighted by molar-refractivity contribution is 5.87. The third kappa shape index (κ3) is 4.88. The van der Waals surface area contributed by atoms with E-state index in [0.717, 1.165) is 11.1 Å². The van der Waals surface area contributed by atoms with Crippen LogP contribution in [-0.4, -0.2) is 26.8 Å². The molecule has 2 rings (SSSR count). The molecule has 4 heteroatoms. The first-order chi connectivity index (χ1) is 11.2. The predicted molar refractivity (Wildman–Crippen MR) is 89.7 cm³/mol. The van der Waals surface area contributed by atoms with Gasteiger partial charge in [-0.3, -0.25) is 0 Å². The highest BCUT2D eigenvalue weighted by atomic mass is 16.5. The van der Waals surface area contributed by atoms with Gasteiger partial charge in [0.2, 0.25) is 0 Å². The summed E-state index contributed by atoms with van der Waals surface area (Å²) in [6.45, 7) is 0.279. The van der Waals surface area contributed by atoms with Crippen molar-refractivity contribution < 1.29 is 19.0 Å². The standard InChI is InChI=1S/C19H20O4/c1-21-17-10-6-9-16(19(17)22-2)13-14-23-18(20)12-11-15-7-4-3-5-8-15/h3-12H,13-14H2,1-2H3/b12-11+. The van der Waals surface area contributed by atoms with E-state index in [1.165, 1.54) is 6.08 Å². The molecule has 23 heavy (non-hydrogen) atoms. The third-order valence-corrected chi connectivity index (χ3v) is 3.31. The van der Waals surface area contributed by atoms with Crippen LogP contribution in [0.25, 0.3) is 6.08 Å². The lowest BCUT2D eigenvalue weighted by molar-refractivity contribution is -0.137. The first kappa shape index (κ1) is 16.6. The Hall–Kier alpha value is -2.75. The minimum absolute atomic E-state index is 0.279.